The molecule has 3 rings (SSSR count). The Morgan fingerprint density at radius 2 is 1.97 bits per heavy atom. The van der Waals surface area contributed by atoms with Crippen LogP contribution in [0.4, 0.5) is 0 Å². The largest absolute Gasteiger partial charge is 0.503 e. The number of methoxy groups -OCH3 is 1. The Labute approximate surface area is 214 Å². The normalized spacial score (nSPS) is 22.8. The molecule has 2 N–H and O–H groups in total. The van der Waals surface area contributed by atoms with Crippen LogP contribution in [0.25, 0.3) is 0 Å². The van der Waals surface area contributed by atoms with Gasteiger partial charge in [-0.3, -0.25) is 4.79 Å². The highest BCUT2D eigenvalue weighted by atomic mass is 16.5. The molecule has 1 saturated heterocycles. The first kappa shape index (κ1) is 27.5. The SMILES string of the molecule is COc1ccnc(C(=O)N[C@H]2CCC[C@H](CCCc3ccccc3)[C@@H](CC(C)C)[C@H](C)OC2=O)c1O. The Morgan fingerprint density at radius 3 is 2.67 bits per heavy atom. The molecule has 0 saturated carbocycles. The number of cyclic esters (lactones) is 1. The summed E-state index contributed by atoms with van der Waals surface area (Å²) < 4.78 is 11.0. The van der Waals surface area contributed by atoms with E-state index in [1.54, 1.807) is 0 Å². The molecule has 1 aromatic heterocycles. The number of aromatic hydroxyl groups is 1. The van der Waals surface area contributed by atoms with Crippen molar-refractivity contribution < 1.29 is 24.2 Å². The second kappa shape index (κ2) is 13.3. The Kier molecular flexibility index (Phi) is 10.1. The molecule has 1 aliphatic heterocycles. The highest BCUT2D eigenvalue weighted by Crippen LogP contribution is 2.35. The Morgan fingerprint density at radius 1 is 1.22 bits per heavy atom. The summed E-state index contributed by atoms with van der Waals surface area (Å²) >= 11 is 0. The van der Waals surface area contributed by atoms with Gasteiger partial charge in [-0.05, 0) is 68.8 Å². The van der Waals surface area contributed by atoms with E-state index in [-0.39, 0.29) is 29.2 Å². The number of esters is 1. The van der Waals surface area contributed by atoms with Gasteiger partial charge < -0.3 is 19.9 Å². The molecule has 0 radical (unpaired) electrons. The number of nitrogens with one attached hydrogen (secondary N) is 1. The van der Waals surface area contributed by atoms with Gasteiger partial charge in [0, 0.05) is 12.3 Å². The highest BCUT2D eigenvalue weighted by Gasteiger charge is 2.34. The highest BCUT2D eigenvalue weighted by molar-refractivity contribution is 5.97. The maximum Gasteiger partial charge on any atom is 0.328 e. The number of hydrogen-bond acceptors (Lipinski definition) is 6. The zero-order chi connectivity index (χ0) is 26.1. The Balaban J connectivity index is 1.70. The first-order valence-electron chi connectivity index (χ1n) is 13.1. The molecule has 0 bridgehead atoms. The van der Waals surface area contributed by atoms with Gasteiger partial charge in [-0.25, -0.2) is 9.78 Å². The zero-order valence-corrected chi connectivity index (χ0v) is 21.9. The minimum absolute atomic E-state index is 0.149. The number of carbonyl (C=O) groups excluding carboxylic acids is 2. The number of benzene rings is 1. The number of carbonyl (C=O) groups is 2. The van der Waals surface area contributed by atoms with Crippen LogP contribution in [0.3, 0.4) is 0 Å². The van der Waals surface area contributed by atoms with Crippen LogP contribution in [0.2, 0.25) is 0 Å². The van der Waals surface area contributed by atoms with E-state index in [1.807, 2.05) is 13.0 Å². The predicted molar refractivity (Wildman–Crippen MR) is 139 cm³/mol. The molecule has 1 aliphatic rings. The lowest BCUT2D eigenvalue weighted by atomic mass is 9.77. The van der Waals surface area contributed by atoms with Gasteiger partial charge in [-0.1, -0.05) is 50.6 Å². The number of aromatic nitrogens is 1. The van der Waals surface area contributed by atoms with Gasteiger partial charge in [0.25, 0.3) is 5.91 Å². The van der Waals surface area contributed by atoms with E-state index in [9.17, 15) is 14.7 Å². The second-order valence-electron chi connectivity index (χ2n) is 10.2. The molecule has 7 nitrogen and oxygen atoms in total. The lowest BCUT2D eigenvalue weighted by Gasteiger charge is -2.32. The fourth-order valence-electron chi connectivity index (χ4n) is 5.28. The van der Waals surface area contributed by atoms with E-state index in [0.29, 0.717) is 18.3 Å². The molecule has 2 heterocycles. The summed E-state index contributed by atoms with van der Waals surface area (Å²) in [5.41, 5.74) is 1.17. The molecule has 7 heteroatoms. The lowest BCUT2D eigenvalue weighted by molar-refractivity contribution is -0.154. The average molecular weight is 497 g/mol. The molecule has 1 aromatic carbocycles. The number of pyridine rings is 1. The van der Waals surface area contributed by atoms with Crippen molar-refractivity contribution in [2.45, 2.75) is 77.9 Å². The fourth-order valence-corrected chi connectivity index (χ4v) is 5.28. The third-order valence-corrected chi connectivity index (χ3v) is 7.12. The molecule has 1 fully saturated rings. The van der Waals surface area contributed by atoms with E-state index < -0.39 is 17.9 Å². The van der Waals surface area contributed by atoms with Gasteiger partial charge in [-0.2, -0.15) is 0 Å². The van der Waals surface area contributed by atoms with Crippen LogP contribution >= 0.6 is 0 Å². The number of rotatable bonds is 9. The minimum Gasteiger partial charge on any atom is -0.503 e. The molecule has 36 heavy (non-hydrogen) atoms. The maximum atomic E-state index is 13.1. The van der Waals surface area contributed by atoms with Crippen LogP contribution < -0.4 is 10.1 Å². The van der Waals surface area contributed by atoms with Crippen molar-refractivity contribution in [3.05, 3.63) is 53.9 Å². The van der Waals surface area contributed by atoms with Crippen LogP contribution in [-0.2, 0) is 16.0 Å². The van der Waals surface area contributed by atoms with Gasteiger partial charge >= 0.3 is 5.97 Å². The number of hydrogen-bond donors (Lipinski definition) is 2. The van der Waals surface area contributed by atoms with Gasteiger partial charge in [-0.15, -0.1) is 0 Å². The van der Waals surface area contributed by atoms with Crippen molar-refractivity contribution in [3.8, 4) is 11.5 Å². The van der Waals surface area contributed by atoms with Crippen molar-refractivity contribution in [2.75, 3.05) is 7.11 Å². The zero-order valence-electron chi connectivity index (χ0n) is 21.9. The third kappa shape index (κ3) is 7.45. The van der Waals surface area contributed by atoms with Crippen LogP contribution in [-0.4, -0.2) is 41.2 Å². The van der Waals surface area contributed by atoms with Crippen molar-refractivity contribution in [1.82, 2.24) is 10.3 Å². The van der Waals surface area contributed by atoms with Crippen molar-refractivity contribution >= 4 is 11.9 Å². The molecule has 196 valence electrons. The van der Waals surface area contributed by atoms with Crippen molar-refractivity contribution in [2.24, 2.45) is 17.8 Å². The summed E-state index contributed by atoms with van der Waals surface area (Å²) in [5, 5.41) is 13.0. The predicted octanol–water partition coefficient (Wildman–Crippen LogP) is 5.31. The van der Waals surface area contributed by atoms with Gasteiger partial charge in [0.05, 0.1) is 7.11 Å². The molecule has 2 aromatic rings. The van der Waals surface area contributed by atoms with Crippen LogP contribution in [0.1, 0.15) is 75.3 Å². The first-order chi connectivity index (χ1) is 17.3. The van der Waals surface area contributed by atoms with Gasteiger partial charge in [0.2, 0.25) is 0 Å². The molecule has 4 atom stereocenters. The number of ether oxygens (including phenoxy) is 2. The van der Waals surface area contributed by atoms with Crippen LogP contribution in [0.15, 0.2) is 42.6 Å². The summed E-state index contributed by atoms with van der Waals surface area (Å²) in [6, 6.07) is 11.2. The molecule has 0 spiro atoms. The summed E-state index contributed by atoms with van der Waals surface area (Å²) in [4.78, 5) is 29.9. The molecule has 1 amide bonds. The second-order valence-corrected chi connectivity index (χ2v) is 10.2. The molecule has 0 unspecified atom stereocenters. The van der Waals surface area contributed by atoms with Crippen LogP contribution in [0, 0.1) is 17.8 Å². The van der Waals surface area contributed by atoms with E-state index in [0.717, 1.165) is 38.5 Å². The van der Waals surface area contributed by atoms with E-state index in [2.05, 4.69) is 48.4 Å². The Bertz CT molecular complexity index is 994. The third-order valence-electron chi connectivity index (χ3n) is 7.12. The fraction of sp³-hybridized carbons (Fsp3) is 0.552. The summed E-state index contributed by atoms with van der Waals surface area (Å²) in [5.74, 6) is -0.0596. The number of amides is 1. The number of aryl methyl sites for hydroxylation is 1. The molecule has 0 aliphatic carbocycles. The molecular weight excluding hydrogens is 456 g/mol. The van der Waals surface area contributed by atoms with E-state index in [1.165, 1.54) is 24.9 Å². The lowest BCUT2D eigenvalue weighted by Crippen LogP contribution is -2.43. The smallest absolute Gasteiger partial charge is 0.328 e. The van der Waals surface area contributed by atoms with Gasteiger partial charge in [0.15, 0.2) is 17.2 Å². The summed E-state index contributed by atoms with van der Waals surface area (Å²) in [6.45, 7) is 6.40. The summed E-state index contributed by atoms with van der Waals surface area (Å²) in [6.07, 6.45) is 7.58. The quantitative estimate of drug-likeness (QED) is 0.457. The first-order valence-corrected chi connectivity index (χ1v) is 13.1. The standard InChI is InChI=1S/C29H40N2O5/c1-19(2)18-23-20(3)36-29(34)24(31-28(33)26-27(32)25(35-4)16-17-30-26)15-9-14-22(23)13-8-12-21-10-6-5-7-11-21/h5-7,10-11,16-17,19-20,22-24,32H,8-9,12-15,18H2,1-4H3,(H,31,33)/t20-,22-,23-,24-/m0/s1. The number of nitrogens with zero attached hydrogens (tertiary/aromatic N) is 1. The van der Waals surface area contributed by atoms with Crippen molar-refractivity contribution in [1.29, 1.82) is 0 Å². The van der Waals surface area contributed by atoms with Crippen molar-refractivity contribution in [3.63, 3.8) is 0 Å². The van der Waals surface area contributed by atoms with Crippen LogP contribution in [0.5, 0.6) is 11.5 Å². The molecular formula is C29H40N2O5. The van der Waals surface area contributed by atoms with E-state index in [4.69, 9.17) is 9.47 Å². The van der Waals surface area contributed by atoms with Gasteiger partial charge in [0.1, 0.15) is 12.1 Å². The summed E-state index contributed by atoms with van der Waals surface area (Å²) in [7, 11) is 1.40. The Hall–Kier alpha value is -3.09. The topological polar surface area (TPSA) is 97.8 Å². The maximum absolute atomic E-state index is 13.1. The monoisotopic (exact) mass is 496 g/mol. The minimum atomic E-state index is -0.796. The van der Waals surface area contributed by atoms with E-state index >= 15 is 0 Å². The average Bonchev–Trinajstić information content (AvgIpc) is 2.90.